The average molecular weight is 266 g/mol. The van der Waals surface area contributed by atoms with Gasteiger partial charge in [-0.05, 0) is 51.8 Å². The Bertz CT molecular complexity index is 404. The van der Waals surface area contributed by atoms with E-state index in [2.05, 4.69) is 47.0 Å². The highest BCUT2D eigenvalue weighted by Gasteiger charge is 1.99. The highest BCUT2D eigenvalue weighted by molar-refractivity contribution is 7.80. The van der Waals surface area contributed by atoms with E-state index in [0.29, 0.717) is 5.11 Å². The number of nitrogens with one attached hydrogen (secondary N) is 3. The van der Waals surface area contributed by atoms with Crippen molar-refractivity contribution in [2.24, 2.45) is 0 Å². The molecule has 4 nitrogen and oxygen atoms in total. The fourth-order valence-corrected chi connectivity index (χ4v) is 1.67. The molecule has 0 bridgehead atoms. The summed E-state index contributed by atoms with van der Waals surface area (Å²) in [7, 11) is 4.07. The summed E-state index contributed by atoms with van der Waals surface area (Å²) in [5, 5.41) is 3.74. The van der Waals surface area contributed by atoms with Crippen LogP contribution in [-0.4, -0.2) is 37.2 Å². The SMILES string of the molecule is Cc1ccc(NNC(=S)NCCN(C)C)c(C)c1. The van der Waals surface area contributed by atoms with Crippen molar-refractivity contribution < 1.29 is 0 Å². The monoisotopic (exact) mass is 266 g/mol. The fraction of sp³-hybridized carbons (Fsp3) is 0.462. The molecule has 0 heterocycles. The molecule has 0 spiro atoms. The molecule has 0 aliphatic rings. The van der Waals surface area contributed by atoms with Crippen LogP contribution in [0.4, 0.5) is 5.69 Å². The number of hydrogen-bond acceptors (Lipinski definition) is 3. The van der Waals surface area contributed by atoms with Gasteiger partial charge in [-0.2, -0.15) is 0 Å². The molecule has 100 valence electrons. The molecule has 18 heavy (non-hydrogen) atoms. The van der Waals surface area contributed by atoms with Gasteiger partial charge in [0.15, 0.2) is 5.11 Å². The molecule has 0 fully saturated rings. The largest absolute Gasteiger partial charge is 0.360 e. The smallest absolute Gasteiger partial charge is 0.185 e. The summed E-state index contributed by atoms with van der Waals surface area (Å²) in [6, 6.07) is 6.24. The number of hydrazine groups is 1. The van der Waals surface area contributed by atoms with Gasteiger partial charge in [0.25, 0.3) is 0 Å². The van der Waals surface area contributed by atoms with E-state index >= 15 is 0 Å². The third-order valence-electron chi connectivity index (χ3n) is 2.54. The zero-order valence-corrected chi connectivity index (χ0v) is 12.3. The molecule has 0 saturated carbocycles. The van der Waals surface area contributed by atoms with E-state index in [4.69, 9.17) is 12.2 Å². The molecule has 1 rings (SSSR count). The summed E-state index contributed by atoms with van der Waals surface area (Å²) in [5.74, 6) is 0. The van der Waals surface area contributed by atoms with E-state index < -0.39 is 0 Å². The summed E-state index contributed by atoms with van der Waals surface area (Å²) in [4.78, 5) is 2.10. The Balaban J connectivity index is 2.33. The average Bonchev–Trinajstić information content (AvgIpc) is 2.27. The Morgan fingerprint density at radius 3 is 2.61 bits per heavy atom. The van der Waals surface area contributed by atoms with Crippen molar-refractivity contribution >= 4 is 23.0 Å². The summed E-state index contributed by atoms with van der Waals surface area (Å²) in [6.45, 7) is 5.93. The van der Waals surface area contributed by atoms with Gasteiger partial charge in [-0.25, -0.2) is 0 Å². The fourth-order valence-electron chi connectivity index (χ4n) is 1.52. The zero-order chi connectivity index (χ0) is 13.5. The molecule has 5 heteroatoms. The van der Waals surface area contributed by atoms with Crippen LogP contribution in [0.1, 0.15) is 11.1 Å². The predicted octanol–water partition coefficient (Wildman–Crippen LogP) is 1.66. The maximum absolute atomic E-state index is 5.17. The van der Waals surface area contributed by atoms with Gasteiger partial charge < -0.3 is 10.2 Å². The first-order chi connectivity index (χ1) is 8.49. The van der Waals surface area contributed by atoms with Crippen LogP contribution < -0.4 is 16.2 Å². The first-order valence-corrected chi connectivity index (χ1v) is 6.41. The molecule has 0 atom stereocenters. The quantitative estimate of drug-likeness (QED) is 0.558. The molecule has 0 amide bonds. The van der Waals surface area contributed by atoms with E-state index in [1.54, 1.807) is 0 Å². The van der Waals surface area contributed by atoms with Crippen molar-refractivity contribution in [2.45, 2.75) is 13.8 Å². The molecule has 0 aliphatic heterocycles. The minimum atomic E-state index is 0.608. The number of rotatable bonds is 5. The van der Waals surface area contributed by atoms with Gasteiger partial charge in [0.2, 0.25) is 0 Å². The van der Waals surface area contributed by atoms with Crippen LogP contribution in [-0.2, 0) is 0 Å². The van der Waals surface area contributed by atoms with Crippen molar-refractivity contribution in [3.63, 3.8) is 0 Å². The van der Waals surface area contributed by atoms with Crippen molar-refractivity contribution in [1.29, 1.82) is 0 Å². The minimum Gasteiger partial charge on any atom is -0.360 e. The third kappa shape index (κ3) is 5.33. The third-order valence-corrected chi connectivity index (χ3v) is 2.78. The maximum Gasteiger partial charge on any atom is 0.185 e. The van der Waals surface area contributed by atoms with Crippen molar-refractivity contribution in [3.05, 3.63) is 29.3 Å². The summed E-state index contributed by atoms with van der Waals surface area (Å²) in [5.41, 5.74) is 9.58. The van der Waals surface area contributed by atoms with E-state index in [-0.39, 0.29) is 0 Å². The predicted molar refractivity (Wildman–Crippen MR) is 81.8 cm³/mol. The lowest BCUT2D eigenvalue weighted by Gasteiger charge is -2.15. The lowest BCUT2D eigenvalue weighted by atomic mass is 10.1. The van der Waals surface area contributed by atoms with E-state index in [1.807, 2.05) is 20.2 Å². The van der Waals surface area contributed by atoms with Gasteiger partial charge in [0, 0.05) is 13.1 Å². The first kappa shape index (κ1) is 14.7. The van der Waals surface area contributed by atoms with Crippen LogP contribution in [0.15, 0.2) is 18.2 Å². The number of hydrogen-bond donors (Lipinski definition) is 3. The molecule has 0 aromatic heterocycles. The van der Waals surface area contributed by atoms with Crippen LogP contribution >= 0.6 is 12.2 Å². The number of benzene rings is 1. The summed E-state index contributed by atoms with van der Waals surface area (Å²) in [6.07, 6.45) is 0. The Morgan fingerprint density at radius 1 is 1.28 bits per heavy atom. The zero-order valence-electron chi connectivity index (χ0n) is 11.5. The normalized spacial score (nSPS) is 10.3. The maximum atomic E-state index is 5.17. The molecule has 0 unspecified atom stereocenters. The van der Waals surface area contributed by atoms with Crippen LogP contribution in [0.25, 0.3) is 0 Å². The lowest BCUT2D eigenvalue weighted by molar-refractivity contribution is 0.412. The highest BCUT2D eigenvalue weighted by Crippen LogP contribution is 2.14. The van der Waals surface area contributed by atoms with Crippen LogP contribution in [0.5, 0.6) is 0 Å². The number of nitrogens with zero attached hydrogens (tertiary/aromatic N) is 1. The van der Waals surface area contributed by atoms with Crippen LogP contribution in [0, 0.1) is 13.8 Å². The molecule has 3 N–H and O–H groups in total. The number of aryl methyl sites for hydroxylation is 2. The number of thiocarbonyl (C=S) groups is 1. The Morgan fingerprint density at radius 2 is 2.00 bits per heavy atom. The summed E-state index contributed by atoms with van der Waals surface area (Å²) >= 11 is 5.17. The molecular formula is C13H22N4S. The van der Waals surface area contributed by atoms with Crippen molar-refractivity contribution in [2.75, 3.05) is 32.6 Å². The van der Waals surface area contributed by atoms with Crippen LogP contribution in [0.2, 0.25) is 0 Å². The Hall–Kier alpha value is -1.33. The van der Waals surface area contributed by atoms with Crippen LogP contribution in [0.3, 0.4) is 0 Å². The van der Waals surface area contributed by atoms with E-state index in [0.717, 1.165) is 18.8 Å². The van der Waals surface area contributed by atoms with E-state index in [1.165, 1.54) is 11.1 Å². The van der Waals surface area contributed by atoms with Crippen molar-refractivity contribution in [3.8, 4) is 0 Å². The first-order valence-electron chi connectivity index (χ1n) is 6.01. The Labute approximate surface area is 115 Å². The molecule has 0 saturated heterocycles. The van der Waals surface area contributed by atoms with Gasteiger partial charge in [0.05, 0.1) is 5.69 Å². The van der Waals surface area contributed by atoms with Gasteiger partial charge in [-0.15, -0.1) is 0 Å². The van der Waals surface area contributed by atoms with Gasteiger partial charge in [0.1, 0.15) is 0 Å². The molecule has 0 radical (unpaired) electrons. The molecule has 1 aromatic rings. The van der Waals surface area contributed by atoms with Gasteiger partial charge in [-0.1, -0.05) is 17.7 Å². The summed E-state index contributed by atoms with van der Waals surface area (Å²) < 4.78 is 0. The lowest BCUT2D eigenvalue weighted by Crippen LogP contribution is -2.41. The standard InChI is InChI=1S/C13H22N4S/c1-10-5-6-12(11(2)9-10)15-16-13(18)14-7-8-17(3)4/h5-6,9,15H,7-8H2,1-4H3,(H2,14,16,18). The Kier molecular flexibility index (Phi) is 5.88. The number of anilines is 1. The number of likely N-dealkylation sites (N-methyl/N-ethyl adjacent to an activating group) is 1. The topological polar surface area (TPSA) is 39.3 Å². The second-order valence-corrected chi connectivity index (χ2v) is 5.04. The van der Waals surface area contributed by atoms with Crippen molar-refractivity contribution in [1.82, 2.24) is 15.6 Å². The second kappa shape index (κ2) is 7.18. The molecule has 0 aliphatic carbocycles. The second-order valence-electron chi connectivity index (χ2n) is 4.63. The highest BCUT2D eigenvalue weighted by atomic mass is 32.1. The minimum absolute atomic E-state index is 0.608. The van der Waals surface area contributed by atoms with E-state index in [9.17, 15) is 0 Å². The molecular weight excluding hydrogens is 244 g/mol. The molecule has 1 aromatic carbocycles. The van der Waals surface area contributed by atoms with Gasteiger partial charge >= 0.3 is 0 Å². The van der Waals surface area contributed by atoms with Gasteiger partial charge in [-0.3, -0.25) is 10.9 Å².